The van der Waals surface area contributed by atoms with E-state index in [2.05, 4.69) is 0 Å². The Hall–Kier alpha value is -4.20. The number of hydrogen-bond donors (Lipinski definition) is 3. The standard InChI is InChI=1S/C37H46N2O13S3/c1-4-38-30-17-15-27(55(50,51)52)25-29(30)37(3,19-9-21-53(44,45)46)32(38)11-6-5-7-12-33-36(2,18-8-13-34(40)41)28-23-26(24-35(42)43)14-16-31(28)39(33)20-10-22-54(47,48)49/h5-7,11-12,14-17,23,25H,4,8-10,13,18-22,24H2,1-3H3,(H4-,40,41,42,43,44,45,46,47,48,49,50,51,52)/p-1. The van der Waals surface area contributed by atoms with E-state index in [9.17, 15) is 58.7 Å². The highest BCUT2D eigenvalue weighted by molar-refractivity contribution is 7.86. The summed E-state index contributed by atoms with van der Waals surface area (Å²) in [6.45, 7) is 6.15. The van der Waals surface area contributed by atoms with Gasteiger partial charge in [-0.15, -0.1) is 0 Å². The second kappa shape index (κ2) is 16.9. The van der Waals surface area contributed by atoms with Crippen molar-refractivity contribution < 1.29 is 63.3 Å². The van der Waals surface area contributed by atoms with Crippen molar-refractivity contribution in [2.75, 3.05) is 29.5 Å². The van der Waals surface area contributed by atoms with Crippen LogP contribution in [0.4, 0.5) is 11.4 Å². The van der Waals surface area contributed by atoms with Crippen LogP contribution in [0.15, 0.2) is 77.4 Å². The summed E-state index contributed by atoms with van der Waals surface area (Å²) in [5.74, 6) is -3.42. The van der Waals surface area contributed by atoms with E-state index in [-0.39, 0.29) is 50.0 Å². The molecule has 2 aromatic carbocycles. The molecule has 0 saturated heterocycles. The molecule has 300 valence electrons. The van der Waals surface area contributed by atoms with Gasteiger partial charge in [-0.05, 0) is 87.9 Å². The maximum Gasteiger partial charge on any atom is 0.303 e. The molecule has 2 aliphatic rings. The summed E-state index contributed by atoms with van der Waals surface area (Å²) in [6.07, 6.45) is 9.05. The van der Waals surface area contributed by atoms with Gasteiger partial charge in [-0.2, -0.15) is 21.4 Å². The number of carboxylic acid groups (broad SMARTS) is 2. The molecule has 2 aromatic rings. The molecule has 0 radical (unpaired) electrons. The quantitative estimate of drug-likeness (QED) is 0.105. The minimum absolute atomic E-state index is 0.0145. The molecule has 0 saturated carbocycles. The van der Waals surface area contributed by atoms with Crippen LogP contribution in [0.25, 0.3) is 0 Å². The Morgan fingerprint density at radius 1 is 0.873 bits per heavy atom. The summed E-state index contributed by atoms with van der Waals surface area (Å²) in [5.41, 5.74) is 2.58. The molecule has 2 heterocycles. The zero-order chi connectivity index (χ0) is 41.0. The number of hydrogen-bond acceptors (Lipinski definition) is 11. The molecule has 55 heavy (non-hydrogen) atoms. The monoisotopic (exact) mass is 821 g/mol. The third kappa shape index (κ3) is 10.6. The minimum atomic E-state index is -4.56. The highest BCUT2D eigenvalue weighted by Gasteiger charge is 2.47. The van der Waals surface area contributed by atoms with E-state index in [1.165, 1.54) is 12.1 Å². The molecule has 2 unspecified atom stereocenters. The van der Waals surface area contributed by atoms with Crippen molar-refractivity contribution in [2.24, 2.45) is 0 Å². The van der Waals surface area contributed by atoms with Gasteiger partial charge in [0.05, 0.1) is 26.2 Å². The van der Waals surface area contributed by atoms with Crippen LogP contribution in [0.2, 0.25) is 0 Å². The number of rotatable bonds is 19. The highest BCUT2D eigenvalue weighted by atomic mass is 32.2. The summed E-state index contributed by atoms with van der Waals surface area (Å²) in [7, 11) is -13.4. The number of likely N-dealkylation sites (N-methyl/N-ethyl adjacent to an activating group) is 1. The van der Waals surface area contributed by atoms with E-state index in [0.717, 1.165) is 0 Å². The Balaban J connectivity index is 1.79. The van der Waals surface area contributed by atoms with Crippen molar-refractivity contribution in [3.8, 4) is 0 Å². The number of fused-ring (bicyclic) bond motifs is 2. The fourth-order valence-electron chi connectivity index (χ4n) is 7.63. The maximum atomic E-state index is 12.1. The first-order chi connectivity index (χ1) is 25.5. The van der Waals surface area contributed by atoms with Crippen LogP contribution in [-0.2, 0) is 57.2 Å². The average molecular weight is 822 g/mol. The van der Waals surface area contributed by atoms with Crippen molar-refractivity contribution in [2.45, 2.75) is 81.4 Å². The lowest BCUT2D eigenvalue weighted by molar-refractivity contribution is -0.437. The molecular formula is C37H45N2O13S3-. The lowest BCUT2D eigenvalue weighted by Gasteiger charge is -2.30. The van der Waals surface area contributed by atoms with Gasteiger partial charge in [-0.1, -0.05) is 24.3 Å². The van der Waals surface area contributed by atoms with Crippen molar-refractivity contribution in [3.63, 3.8) is 0 Å². The molecule has 15 nitrogen and oxygen atoms in total. The number of allylic oxidation sites excluding steroid dienone is 6. The molecular weight excluding hydrogens is 777 g/mol. The minimum Gasteiger partial charge on any atom is -0.748 e. The van der Waals surface area contributed by atoms with Gasteiger partial charge in [-0.25, -0.2) is 8.42 Å². The fraction of sp³-hybridized carbons (Fsp3) is 0.432. The zero-order valence-corrected chi connectivity index (χ0v) is 33.1. The van der Waals surface area contributed by atoms with Gasteiger partial charge < -0.3 is 24.5 Å². The van der Waals surface area contributed by atoms with Gasteiger partial charge >= 0.3 is 5.97 Å². The van der Waals surface area contributed by atoms with Crippen LogP contribution in [0.1, 0.15) is 76.0 Å². The largest absolute Gasteiger partial charge is 0.748 e. The van der Waals surface area contributed by atoms with E-state index in [1.54, 1.807) is 54.6 Å². The number of benzene rings is 2. The van der Waals surface area contributed by atoms with Crippen molar-refractivity contribution in [3.05, 3.63) is 89.2 Å². The average Bonchev–Trinajstić information content (AvgIpc) is 3.42. The van der Waals surface area contributed by atoms with Gasteiger partial charge in [0.25, 0.3) is 20.2 Å². The topological polar surface area (TPSA) is 250 Å². The lowest BCUT2D eigenvalue weighted by Crippen LogP contribution is -2.32. The van der Waals surface area contributed by atoms with Gasteiger partial charge in [0.2, 0.25) is 5.69 Å². The fourth-order valence-corrected chi connectivity index (χ4v) is 9.13. The highest BCUT2D eigenvalue weighted by Crippen LogP contribution is 2.51. The Morgan fingerprint density at radius 3 is 2.16 bits per heavy atom. The Kier molecular flexibility index (Phi) is 13.4. The third-order valence-corrected chi connectivity index (χ3v) is 12.6. The van der Waals surface area contributed by atoms with Crippen LogP contribution in [0.3, 0.4) is 0 Å². The molecule has 0 aliphatic carbocycles. The molecule has 0 spiro atoms. The first kappa shape index (κ1) is 43.5. The van der Waals surface area contributed by atoms with Gasteiger partial charge in [0, 0.05) is 72.0 Å². The number of carboxylic acids is 2. The van der Waals surface area contributed by atoms with Gasteiger partial charge in [0.1, 0.15) is 6.54 Å². The third-order valence-electron chi connectivity index (χ3n) is 10.1. The molecule has 0 aromatic heterocycles. The summed E-state index contributed by atoms with van der Waals surface area (Å²) in [4.78, 5) is 24.5. The molecule has 2 aliphatic heterocycles. The Bertz CT molecular complexity index is 2300. The van der Waals surface area contributed by atoms with E-state index in [4.69, 9.17) is 0 Å². The molecule has 0 bridgehead atoms. The summed E-state index contributed by atoms with van der Waals surface area (Å²) >= 11 is 0. The predicted octanol–water partition coefficient (Wildman–Crippen LogP) is 3.23. The van der Waals surface area contributed by atoms with Crippen molar-refractivity contribution in [1.82, 2.24) is 0 Å². The maximum absolute atomic E-state index is 12.1. The number of carbonyl (C=O) groups excluding carboxylic acids is 1. The smallest absolute Gasteiger partial charge is 0.303 e. The molecule has 3 N–H and O–H groups in total. The molecule has 4 rings (SSSR count). The Morgan fingerprint density at radius 2 is 1.56 bits per heavy atom. The van der Waals surface area contributed by atoms with E-state index < -0.39 is 64.6 Å². The van der Waals surface area contributed by atoms with Crippen LogP contribution >= 0.6 is 0 Å². The normalized spacial score (nSPS) is 20.9. The SMILES string of the molecule is CCN1/C(=C/C=C/C=C/C2=[N+](CCCS(=O)(=O)[O-])c3ccc(CC(=O)[O-])cc3C2(C)CCCC(=O)O)C(C)(CCCS(=O)(=O)O)c2cc(S(=O)(=O)O)ccc21. The van der Waals surface area contributed by atoms with E-state index in [0.29, 0.717) is 52.4 Å². The number of nitrogens with zero attached hydrogens (tertiary/aromatic N) is 2. The second-order valence-corrected chi connectivity index (χ2v) is 18.6. The first-order valence-corrected chi connectivity index (χ1v) is 22.2. The van der Waals surface area contributed by atoms with Crippen LogP contribution in [0.5, 0.6) is 0 Å². The molecule has 2 atom stereocenters. The van der Waals surface area contributed by atoms with Gasteiger partial charge in [-0.3, -0.25) is 13.9 Å². The summed E-state index contributed by atoms with van der Waals surface area (Å²) < 4.78 is 103. The number of carbonyl (C=O) groups is 2. The Labute approximate surface area is 321 Å². The molecule has 0 amide bonds. The zero-order valence-electron chi connectivity index (χ0n) is 30.7. The first-order valence-electron chi connectivity index (χ1n) is 17.5. The van der Waals surface area contributed by atoms with Crippen LogP contribution < -0.4 is 10.0 Å². The summed E-state index contributed by atoms with van der Waals surface area (Å²) in [6, 6.07) is 9.25. The van der Waals surface area contributed by atoms with E-state index >= 15 is 0 Å². The molecule has 0 fully saturated rings. The predicted molar refractivity (Wildman–Crippen MR) is 202 cm³/mol. The second-order valence-electron chi connectivity index (χ2n) is 14.0. The van der Waals surface area contributed by atoms with Crippen LogP contribution in [-0.4, -0.2) is 90.8 Å². The number of aliphatic carboxylic acids is 2. The van der Waals surface area contributed by atoms with Crippen molar-refractivity contribution in [1.29, 1.82) is 0 Å². The van der Waals surface area contributed by atoms with Crippen molar-refractivity contribution >= 4 is 59.4 Å². The summed E-state index contributed by atoms with van der Waals surface area (Å²) in [5, 5.41) is 20.8. The number of anilines is 1. The lowest BCUT2D eigenvalue weighted by atomic mass is 9.74. The van der Waals surface area contributed by atoms with E-state index in [1.807, 2.05) is 30.2 Å². The van der Waals surface area contributed by atoms with Crippen LogP contribution in [0, 0.1) is 0 Å². The molecule has 18 heteroatoms. The van der Waals surface area contributed by atoms with Gasteiger partial charge in [0.15, 0.2) is 5.71 Å².